The van der Waals surface area contributed by atoms with Crippen LogP contribution in [0.2, 0.25) is 0 Å². The zero-order valence-electron chi connectivity index (χ0n) is 6.40. The van der Waals surface area contributed by atoms with E-state index >= 15 is 0 Å². The first-order chi connectivity index (χ1) is 5.20. The molecule has 0 fully saturated rings. The molecule has 0 radical (unpaired) electrons. The van der Waals surface area contributed by atoms with Crippen LogP contribution in [-0.2, 0) is 6.54 Å². The third-order valence-corrected chi connectivity index (χ3v) is 1.27. The summed E-state index contributed by atoms with van der Waals surface area (Å²) in [6, 6.07) is 1.70. The monoisotopic (exact) mass is 153 g/mol. The summed E-state index contributed by atoms with van der Waals surface area (Å²) < 4.78 is 1.49. The fraction of sp³-hybridized carbons (Fsp3) is 0.429. The molecule has 0 spiro atoms. The quantitative estimate of drug-likeness (QED) is 0.628. The molecule has 1 heterocycles. The van der Waals surface area contributed by atoms with E-state index in [4.69, 9.17) is 5.73 Å². The second-order valence-electron chi connectivity index (χ2n) is 2.53. The minimum atomic E-state index is -0.246. The van der Waals surface area contributed by atoms with Crippen molar-refractivity contribution >= 4 is 0 Å². The van der Waals surface area contributed by atoms with Crippen LogP contribution in [0.4, 0.5) is 0 Å². The highest BCUT2D eigenvalue weighted by Crippen LogP contribution is 1.82. The lowest BCUT2D eigenvalue weighted by molar-refractivity contribution is 0.563. The fourth-order valence-electron chi connectivity index (χ4n) is 0.836. The van der Waals surface area contributed by atoms with Gasteiger partial charge in [0.25, 0.3) is 0 Å². The number of nitrogens with two attached hydrogens (primary N) is 1. The van der Waals surface area contributed by atoms with Gasteiger partial charge in [0.05, 0.1) is 0 Å². The first-order valence-electron chi connectivity index (χ1n) is 3.47. The van der Waals surface area contributed by atoms with Crippen LogP contribution in [0.15, 0.2) is 23.3 Å². The molecule has 0 aliphatic heterocycles. The standard InChI is InChI=1S/C7H11N3O/c1-6(8)5-10-4-2-3-9-7(10)11/h2-4,6H,5,8H2,1H3/t6-/m0/s1. The van der Waals surface area contributed by atoms with E-state index in [1.807, 2.05) is 6.92 Å². The fourth-order valence-corrected chi connectivity index (χ4v) is 0.836. The molecule has 0 unspecified atom stereocenters. The van der Waals surface area contributed by atoms with Crippen LogP contribution < -0.4 is 11.4 Å². The second kappa shape index (κ2) is 3.30. The molecule has 1 aromatic rings. The predicted octanol–water partition coefficient (Wildman–Crippen LogP) is -0.410. The van der Waals surface area contributed by atoms with Gasteiger partial charge in [0.1, 0.15) is 0 Å². The number of hydrogen-bond donors (Lipinski definition) is 1. The molecule has 4 heteroatoms. The van der Waals surface area contributed by atoms with Crippen LogP contribution in [0.3, 0.4) is 0 Å². The molecule has 11 heavy (non-hydrogen) atoms. The van der Waals surface area contributed by atoms with Crippen LogP contribution >= 0.6 is 0 Å². The summed E-state index contributed by atoms with van der Waals surface area (Å²) in [6.07, 6.45) is 3.15. The summed E-state index contributed by atoms with van der Waals surface area (Å²) in [5.74, 6) is 0. The van der Waals surface area contributed by atoms with E-state index in [-0.39, 0.29) is 11.7 Å². The van der Waals surface area contributed by atoms with Crippen molar-refractivity contribution in [2.75, 3.05) is 0 Å². The summed E-state index contributed by atoms with van der Waals surface area (Å²) >= 11 is 0. The Morgan fingerprint density at radius 2 is 2.55 bits per heavy atom. The molecule has 1 atom stereocenters. The minimum absolute atomic E-state index is 0.0168. The van der Waals surface area contributed by atoms with Gasteiger partial charge < -0.3 is 5.73 Å². The average Bonchev–Trinajstić information content (AvgIpc) is 1.93. The van der Waals surface area contributed by atoms with Gasteiger partial charge in [-0.3, -0.25) is 4.57 Å². The first-order valence-corrected chi connectivity index (χ1v) is 3.47. The Morgan fingerprint density at radius 1 is 1.82 bits per heavy atom. The van der Waals surface area contributed by atoms with E-state index in [9.17, 15) is 4.79 Å². The average molecular weight is 153 g/mol. The lowest BCUT2D eigenvalue weighted by atomic mass is 10.3. The summed E-state index contributed by atoms with van der Waals surface area (Å²) in [6.45, 7) is 2.37. The van der Waals surface area contributed by atoms with Crippen molar-refractivity contribution in [1.29, 1.82) is 0 Å². The molecular formula is C7H11N3O. The molecule has 4 nitrogen and oxygen atoms in total. The molecule has 1 rings (SSSR count). The number of hydrogen-bond acceptors (Lipinski definition) is 3. The van der Waals surface area contributed by atoms with Gasteiger partial charge in [-0.05, 0) is 13.0 Å². The minimum Gasteiger partial charge on any atom is -0.326 e. The Bertz CT molecular complexity index is 279. The van der Waals surface area contributed by atoms with E-state index in [0.29, 0.717) is 6.54 Å². The van der Waals surface area contributed by atoms with Gasteiger partial charge in [-0.2, -0.15) is 0 Å². The molecular weight excluding hydrogens is 142 g/mol. The SMILES string of the molecule is C[C@H](N)Cn1cccnc1=O. The smallest absolute Gasteiger partial charge is 0.326 e. The number of rotatable bonds is 2. The molecule has 1 aromatic heterocycles. The Labute approximate surface area is 64.7 Å². The zero-order valence-corrected chi connectivity index (χ0v) is 6.40. The van der Waals surface area contributed by atoms with E-state index in [2.05, 4.69) is 4.98 Å². The Hall–Kier alpha value is -1.16. The van der Waals surface area contributed by atoms with Crippen LogP contribution in [0, 0.1) is 0 Å². The lowest BCUT2D eigenvalue weighted by Gasteiger charge is -2.05. The summed E-state index contributed by atoms with van der Waals surface area (Å²) in [5, 5.41) is 0. The van der Waals surface area contributed by atoms with Gasteiger partial charge in [-0.25, -0.2) is 9.78 Å². The second-order valence-corrected chi connectivity index (χ2v) is 2.53. The molecule has 60 valence electrons. The summed E-state index contributed by atoms with van der Waals surface area (Å²) in [7, 11) is 0. The third-order valence-electron chi connectivity index (χ3n) is 1.27. The highest BCUT2D eigenvalue weighted by Gasteiger charge is 1.97. The number of nitrogens with zero attached hydrogens (tertiary/aromatic N) is 2. The van der Waals surface area contributed by atoms with Crippen LogP contribution in [0.5, 0.6) is 0 Å². The summed E-state index contributed by atoms with van der Waals surface area (Å²) in [4.78, 5) is 14.5. The largest absolute Gasteiger partial charge is 0.347 e. The Kier molecular flexibility index (Phi) is 2.38. The number of aromatic nitrogens is 2. The Balaban J connectivity index is 2.87. The highest BCUT2D eigenvalue weighted by atomic mass is 16.1. The van der Waals surface area contributed by atoms with Crippen molar-refractivity contribution in [2.45, 2.75) is 19.5 Å². The van der Waals surface area contributed by atoms with E-state index in [0.717, 1.165) is 0 Å². The molecule has 2 N–H and O–H groups in total. The van der Waals surface area contributed by atoms with Gasteiger partial charge >= 0.3 is 5.69 Å². The first kappa shape index (κ1) is 7.94. The zero-order chi connectivity index (χ0) is 8.27. The Morgan fingerprint density at radius 3 is 3.09 bits per heavy atom. The van der Waals surface area contributed by atoms with Crippen LogP contribution in [0.1, 0.15) is 6.92 Å². The van der Waals surface area contributed by atoms with Crippen molar-refractivity contribution in [3.63, 3.8) is 0 Å². The molecule has 0 aliphatic carbocycles. The van der Waals surface area contributed by atoms with Gasteiger partial charge in [-0.1, -0.05) is 0 Å². The van der Waals surface area contributed by atoms with Gasteiger partial charge in [0.2, 0.25) is 0 Å². The van der Waals surface area contributed by atoms with Crippen molar-refractivity contribution in [3.05, 3.63) is 28.9 Å². The maximum Gasteiger partial charge on any atom is 0.347 e. The molecule has 0 saturated carbocycles. The van der Waals surface area contributed by atoms with Crippen LogP contribution in [0.25, 0.3) is 0 Å². The summed E-state index contributed by atoms with van der Waals surface area (Å²) in [5.41, 5.74) is 5.26. The van der Waals surface area contributed by atoms with E-state index in [1.165, 1.54) is 10.8 Å². The van der Waals surface area contributed by atoms with E-state index in [1.54, 1.807) is 12.3 Å². The highest BCUT2D eigenvalue weighted by molar-refractivity contribution is 4.81. The van der Waals surface area contributed by atoms with Crippen molar-refractivity contribution < 1.29 is 0 Å². The van der Waals surface area contributed by atoms with Crippen molar-refractivity contribution in [2.24, 2.45) is 5.73 Å². The molecule has 0 saturated heterocycles. The van der Waals surface area contributed by atoms with Gasteiger partial charge in [-0.15, -0.1) is 0 Å². The molecule has 0 amide bonds. The van der Waals surface area contributed by atoms with Crippen molar-refractivity contribution in [3.8, 4) is 0 Å². The van der Waals surface area contributed by atoms with E-state index < -0.39 is 0 Å². The predicted molar refractivity (Wildman–Crippen MR) is 42.1 cm³/mol. The maximum absolute atomic E-state index is 11.0. The van der Waals surface area contributed by atoms with Crippen molar-refractivity contribution in [1.82, 2.24) is 9.55 Å². The lowest BCUT2D eigenvalue weighted by Crippen LogP contribution is -2.30. The maximum atomic E-state index is 11.0. The van der Waals surface area contributed by atoms with Gasteiger partial charge in [0.15, 0.2) is 0 Å². The third kappa shape index (κ3) is 2.16. The normalized spacial score (nSPS) is 12.9. The molecule has 0 aromatic carbocycles. The van der Waals surface area contributed by atoms with Gasteiger partial charge in [0, 0.05) is 25.0 Å². The topological polar surface area (TPSA) is 60.9 Å². The van der Waals surface area contributed by atoms with Crippen LogP contribution in [-0.4, -0.2) is 15.6 Å². The molecule has 0 aliphatic rings. The molecule has 0 bridgehead atoms.